The van der Waals surface area contributed by atoms with Crippen molar-refractivity contribution in [2.75, 3.05) is 13.2 Å². The van der Waals surface area contributed by atoms with Gasteiger partial charge in [-0.05, 0) is 48.5 Å². The Morgan fingerprint density at radius 2 is 1.35 bits per heavy atom. The maximum Gasteiger partial charge on any atom is 0.335 e. The Labute approximate surface area is 125 Å². The van der Waals surface area contributed by atoms with Gasteiger partial charge in [0.1, 0.15) is 24.7 Å². The van der Waals surface area contributed by atoms with Gasteiger partial charge in [-0.2, -0.15) is 0 Å². The van der Waals surface area contributed by atoms with Crippen LogP contribution in [-0.2, 0) is 0 Å². The van der Waals surface area contributed by atoms with Gasteiger partial charge in [0.05, 0.1) is 5.56 Å². The van der Waals surface area contributed by atoms with Crippen molar-refractivity contribution >= 4 is 21.9 Å². The molecule has 0 atom stereocenters. The zero-order chi connectivity index (χ0) is 14.4. The maximum atomic E-state index is 10.7. The molecule has 2 rings (SSSR count). The Hall–Kier alpha value is -2.01. The number of hydrogen-bond donors (Lipinski definition) is 1. The van der Waals surface area contributed by atoms with E-state index in [-0.39, 0.29) is 5.56 Å². The lowest BCUT2D eigenvalue weighted by atomic mass is 10.2. The Kier molecular flexibility index (Phi) is 5.01. The standard InChI is InChI=1S/C15H13BrO4/c16-12-3-7-14(8-4-12)20-10-9-19-13-5-1-11(2-6-13)15(17)18/h1-8H,9-10H2,(H,17,18). The van der Waals surface area contributed by atoms with Gasteiger partial charge in [0.2, 0.25) is 0 Å². The molecule has 0 saturated heterocycles. The summed E-state index contributed by atoms with van der Waals surface area (Å²) in [7, 11) is 0. The van der Waals surface area contributed by atoms with Crippen molar-refractivity contribution in [1.29, 1.82) is 0 Å². The van der Waals surface area contributed by atoms with Gasteiger partial charge in [0.15, 0.2) is 0 Å². The van der Waals surface area contributed by atoms with E-state index in [1.165, 1.54) is 12.1 Å². The SMILES string of the molecule is O=C(O)c1ccc(OCCOc2ccc(Br)cc2)cc1. The van der Waals surface area contributed by atoms with Crippen molar-refractivity contribution in [3.63, 3.8) is 0 Å². The molecule has 0 radical (unpaired) electrons. The van der Waals surface area contributed by atoms with Crippen molar-refractivity contribution < 1.29 is 19.4 Å². The second-order valence-corrected chi connectivity index (χ2v) is 4.90. The third-order valence-electron chi connectivity index (χ3n) is 2.54. The Morgan fingerprint density at radius 3 is 1.80 bits per heavy atom. The Bertz CT molecular complexity index is 563. The lowest BCUT2D eigenvalue weighted by Crippen LogP contribution is -2.09. The zero-order valence-electron chi connectivity index (χ0n) is 10.6. The second kappa shape index (κ2) is 6.96. The highest BCUT2D eigenvalue weighted by molar-refractivity contribution is 9.10. The third kappa shape index (κ3) is 4.28. The molecular formula is C15H13BrO4. The zero-order valence-corrected chi connectivity index (χ0v) is 12.2. The average Bonchev–Trinajstić information content (AvgIpc) is 2.46. The van der Waals surface area contributed by atoms with Crippen molar-refractivity contribution in [2.24, 2.45) is 0 Å². The molecule has 0 spiro atoms. The molecule has 104 valence electrons. The van der Waals surface area contributed by atoms with Crippen LogP contribution in [-0.4, -0.2) is 24.3 Å². The van der Waals surface area contributed by atoms with E-state index >= 15 is 0 Å². The van der Waals surface area contributed by atoms with Crippen molar-refractivity contribution in [3.8, 4) is 11.5 Å². The van der Waals surface area contributed by atoms with Crippen LogP contribution in [0.2, 0.25) is 0 Å². The van der Waals surface area contributed by atoms with Crippen LogP contribution < -0.4 is 9.47 Å². The molecule has 0 aliphatic carbocycles. The molecule has 0 bridgehead atoms. The number of hydrogen-bond acceptors (Lipinski definition) is 3. The molecule has 20 heavy (non-hydrogen) atoms. The van der Waals surface area contributed by atoms with Crippen LogP contribution in [0.15, 0.2) is 53.0 Å². The fourth-order valence-electron chi connectivity index (χ4n) is 1.54. The first kappa shape index (κ1) is 14.4. The molecule has 1 N–H and O–H groups in total. The minimum atomic E-state index is -0.949. The third-order valence-corrected chi connectivity index (χ3v) is 3.06. The molecule has 2 aromatic rings. The van der Waals surface area contributed by atoms with Gasteiger partial charge in [0, 0.05) is 4.47 Å². The van der Waals surface area contributed by atoms with Crippen molar-refractivity contribution in [1.82, 2.24) is 0 Å². The van der Waals surface area contributed by atoms with E-state index in [9.17, 15) is 4.79 Å². The number of ether oxygens (including phenoxy) is 2. The van der Waals surface area contributed by atoms with Crippen LogP contribution in [0.4, 0.5) is 0 Å². The van der Waals surface area contributed by atoms with E-state index in [1.54, 1.807) is 12.1 Å². The van der Waals surface area contributed by atoms with Crippen molar-refractivity contribution in [3.05, 3.63) is 58.6 Å². The quantitative estimate of drug-likeness (QED) is 0.819. The lowest BCUT2D eigenvalue weighted by molar-refractivity contribution is 0.0697. The lowest BCUT2D eigenvalue weighted by Gasteiger charge is -2.08. The van der Waals surface area contributed by atoms with Gasteiger partial charge in [-0.1, -0.05) is 15.9 Å². The maximum absolute atomic E-state index is 10.7. The molecule has 0 heterocycles. The topological polar surface area (TPSA) is 55.8 Å². The molecule has 0 aliphatic rings. The van der Waals surface area contributed by atoms with E-state index in [1.807, 2.05) is 24.3 Å². The minimum absolute atomic E-state index is 0.239. The van der Waals surface area contributed by atoms with Crippen LogP contribution in [0.3, 0.4) is 0 Å². The van der Waals surface area contributed by atoms with Gasteiger partial charge >= 0.3 is 5.97 Å². The summed E-state index contributed by atoms with van der Waals surface area (Å²) in [5, 5.41) is 8.77. The Morgan fingerprint density at radius 1 is 0.900 bits per heavy atom. The number of carboxylic acid groups (broad SMARTS) is 1. The van der Waals surface area contributed by atoms with Crippen molar-refractivity contribution in [2.45, 2.75) is 0 Å². The number of aromatic carboxylic acids is 1. The summed E-state index contributed by atoms with van der Waals surface area (Å²) in [5.74, 6) is 0.447. The number of carbonyl (C=O) groups is 1. The molecule has 5 heteroatoms. The first-order valence-corrected chi connectivity index (χ1v) is 6.79. The highest BCUT2D eigenvalue weighted by Gasteiger charge is 2.02. The normalized spacial score (nSPS) is 10.1. The molecule has 0 aliphatic heterocycles. The highest BCUT2D eigenvalue weighted by Crippen LogP contribution is 2.16. The first-order valence-electron chi connectivity index (χ1n) is 6.00. The van der Waals surface area contributed by atoms with Gasteiger partial charge in [0.25, 0.3) is 0 Å². The monoisotopic (exact) mass is 336 g/mol. The van der Waals surface area contributed by atoms with E-state index in [0.29, 0.717) is 19.0 Å². The molecule has 0 fully saturated rings. The number of carboxylic acids is 1. The molecular weight excluding hydrogens is 324 g/mol. The molecule has 0 unspecified atom stereocenters. The number of halogens is 1. The number of rotatable bonds is 6. The smallest absolute Gasteiger partial charge is 0.335 e. The highest BCUT2D eigenvalue weighted by atomic mass is 79.9. The van der Waals surface area contributed by atoms with E-state index < -0.39 is 5.97 Å². The fraction of sp³-hybridized carbons (Fsp3) is 0.133. The van der Waals surface area contributed by atoms with Crippen LogP contribution in [0.1, 0.15) is 10.4 Å². The minimum Gasteiger partial charge on any atom is -0.490 e. The first-order chi connectivity index (χ1) is 9.65. The van der Waals surface area contributed by atoms with E-state index in [0.717, 1.165) is 10.2 Å². The van der Waals surface area contributed by atoms with Crippen LogP contribution in [0, 0.1) is 0 Å². The molecule has 0 saturated carbocycles. The Balaban J connectivity index is 1.75. The average molecular weight is 337 g/mol. The van der Waals surface area contributed by atoms with E-state index in [4.69, 9.17) is 14.6 Å². The summed E-state index contributed by atoms with van der Waals surface area (Å²) in [6, 6.07) is 13.8. The predicted molar refractivity (Wildman–Crippen MR) is 78.5 cm³/mol. The summed E-state index contributed by atoms with van der Waals surface area (Å²) in [5.41, 5.74) is 0.239. The van der Waals surface area contributed by atoms with Gasteiger partial charge in [-0.3, -0.25) is 0 Å². The summed E-state index contributed by atoms with van der Waals surface area (Å²) in [6.07, 6.45) is 0. The summed E-state index contributed by atoms with van der Waals surface area (Å²) in [4.78, 5) is 10.7. The van der Waals surface area contributed by atoms with Crippen LogP contribution in [0.25, 0.3) is 0 Å². The molecule has 0 amide bonds. The van der Waals surface area contributed by atoms with Gasteiger partial charge < -0.3 is 14.6 Å². The largest absolute Gasteiger partial charge is 0.490 e. The summed E-state index contributed by atoms with van der Waals surface area (Å²) < 4.78 is 12.0. The number of benzene rings is 2. The van der Waals surface area contributed by atoms with Gasteiger partial charge in [-0.25, -0.2) is 4.79 Å². The predicted octanol–water partition coefficient (Wildman–Crippen LogP) is 3.61. The fourth-order valence-corrected chi connectivity index (χ4v) is 1.81. The van der Waals surface area contributed by atoms with Gasteiger partial charge in [-0.15, -0.1) is 0 Å². The van der Waals surface area contributed by atoms with Crippen LogP contribution in [0.5, 0.6) is 11.5 Å². The molecule has 4 nitrogen and oxygen atoms in total. The van der Waals surface area contributed by atoms with Crippen LogP contribution >= 0.6 is 15.9 Å². The second-order valence-electron chi connectivity index (χ2n) is 3.98. The summed E-state index contributed by atoms with van der Waals surface area (Å²) in [6.45, 7) is 0.810. The summed E-state index contributed by atoms with van der Waals surface area (Å²) >= 11 is 3.35. The molecule has 0 aromatic heterocycles. The molecule has 2 aromatic carbocycles. The van der Waals surface area contributed by atoms with E-state index in [2.05, 4.69) is 15.9 Å².